The number of ether oxygens (including phenoxy) is 1. The number of likely N-dealkylation sites (N-methyl/N-ethyl adjacent to an activating group) is 1. The lowest BCUT2D eigenvalue weighted by atomic mass is 10.0. The smallest absolute Gasteiger partial charge is 0.323 e. The number of benzene rings is 2. The molecule has 6 nitrogen and oxygen atoms in total. The summed E-state index contributed by atoms with van der Waals surface area (Å²) >= 11 is 8.11. The van der Waals surface area contributed by atoms with Crippen molar-refractivity contribution in [2.75, 3.05) is 26.0 Å². The van der Waals surface area contributed by atoms with Gasteiger partial charge in [-0.05, 0) is 54.9 Å². The van der Waals surface area contributed by atoms with Crippen LogP contribution in [0.2, 0.25) is 5.02 Å². The summed E-state index contributed by atoms with van der Waals surface area (Å²) in [5.74, 6) is 0.568. The summed E-state index contributed by atoms with van der Waals surface area (Å²) in [5, 5.41) is 4.85. The zero-order chi connectivity index (χ0) is 24.8. The van der Waals surface area contributed by atoms with Gasteiger partial charge in [0.15, 0.2) is 0 Å². The van der Waals surface area contributed by atoms with Gasteiger partial charge in [0.1, 0.15) is 10.8 Å². The second-order valence-corrected chi connectivity index (χ2v) is 10.8. The van der Waals surface area contributed by atoms with Gasteiger partial charge < -0.3 is 24.4 Å². The maximum Gasteiger partial charge on any atom is 0.323 e. The lowest BCUT2D eigenvalue weighted by Crippen LogP contribution is -2.38. The number of hydrogen-bond donors (Lipinski definition) is 1. The first-order valence-corrected chi connectivity index (χ1v) is 13.2. The Hall–Kier alpha value is -3.26. The molecule has 4 heterocycles. The quantitative estimate of drug-likeness (QED) is 0.345. The molecule has 6 rings (SSSR count). The minimum Gasteiger partial charge on any atom is -0.495 e. The third-order valence-corrected chi connectivity index (χ3v) is 8.53. The summed E-state index contributed by atoms with van der Waals surface area (Å²) in [4.78, 5) is 19.8. The fourth-order valence-corrected chi connectivity index (χ4v) is 6.92. The Morgan fingerprint density at radius 2 is 1.92 bits per heavy atom. The van der Waals surface area contributed by atoms with Gasteiger partial charge in [0, 0.05) is 34.7 Å². The fraction of sp³-hybridized carbons (Fsp3) is 0.250. The minimum atomic E-state index is -0.257. The summed E-state index contributed by atoms with van der Waals surface area (Å²) in [6.07, 6.45) is 3.11. The molecule has 0 aliphatic carbocycles. The Bertz CT molecular complexity index is 1430. The number of carbonyl (C=O) groups is 1. The summed E-state index contributed by atoms with van der Waals surface area (Å²) in [6.45, 7) is 2.47. The van der Waals surface area contributed by atoms with Gasteiger partial charge in [-0.2, -0.15) is 0 Å². The third kappa shape index (κ3) is 3.97. The van der Waals surface area contributed by atoms with Crippen molar-refractivity contribution >= 4 is 34.7 Å². The third-order valence-electron chi connectivity index (χ3n) is 7.03. The predicted molar refractivity (Wildman–Crippen MR) is 145 cm³/mol. The van der Waals surface area contributed by atoms with Gasteiger partial charge in [0.05, 0.1) is 31.1 Å². The number of nitrogens with zero attached hydrogens (tertiary/aromatic N) is 3. The van der Waals surface area contributed by atoms with E-state index in [0.717, 1.165) is 30.8 Å². The van der Waals surface area contributed by atoms with E-state index in [1.807, 2.05) is 34.4 Å². The van der Waals surface area contributed by atoms with E-state index in [2.05, 4.69) is 52.3 Å². The standard InChI is InChI=1S/C28H27ClN4O2S/c1-31-14-12-20-21-16-33(28(34)30-22-15-19(29)10-11-24(22)35-2)26(18-7-4-3-5-8-18)23-9-6-13-32(23)27(21)36-25(20)17-31/h3-11,13,15,26H,12,14,16-17H2,1-2H3,(H,30,34)/t26-/m1/s1. The van der Waals surface area contributed by atoms with Crippen LogP contribution in [0.3, 0.4) is 0 Å². The molecular weight excluding hydrogens is 492 g/mol. The van der Waals surface area contributed by atoms with Gasteiger partial charge in [-0.15, -0.1) is 11.3 Å². The van der Waals surface area contributed by atoms with Gasteiger partial charge in [0.25, 0.3) is 0 Å². The van der Waals surface area contributed by atoms with Crippen molar-refractivity contribution in [1.29, 1.82) is 0 Å². The van der Waals surface area contributed by atoms with Gasteiger partial charge >= 0.3 is 6.03 Å². The molecule has 0 saturated carbocycles. The van der Waals surface area contributed by atoms with Crippen molar-refractivity contribution in [2.45, 2.75) is 25.6 Å². The predicted octanol–water partition coefficient (Wildman–Crippen LogP) is 6.33. The number of halogens is 1. The molecule has 2 amide bonds. The Balaban J connectivity index is 1.49. The average molecular weight is 519 g/mol. The molecule has 0 bridgehead atoms. The van der Waals surface area contributed by atoms with Crippen LogP contribution in [0.4, 0.5) is 10.5 Å². The Kier molecular flexibility index (Phi) is 5.99. The molecule has 4 aromatic rings. The Labute approximate surface area is 219 Å². The number of aromatic nitrogens is 1. The molecule has 2 aromatic heterocycles. The second-order valence-electron chi connectivity index (χ2n) is 9.29. The summed E-state index contributed by atoms with van der Waals surface area (Å²) in [5.41, 5.74) is 5.32. The van der Waals surface area contributed by atoms with Crippen molar-refractivity contribution in [1.82, 2.24) is 14.4 Å². The summed E-state index contributed by atoms with van der Waals surface area (Å²) < 4.78 is 7.78. The first kappa shape index (κ1) is 23.2. The first-order chi connectivity index (χ1) is 17.5. The largest absolute Gasteiger partial charge is 0.495 e. The van der Waals surface area contributed by atoms with Gasteiger partial charge in [-0.3, -0.25) is 0 Å². The zero-order valence-corrected chi connectivity index (χ0v) is 21.8. The van der Waals surface area contributed by atoms with Gasteiger partial charge in [0.2, 0.25) is 0 Å². The number of fused-ring (bicyclic) bond motifs is 5. The van der Waals surface area contributed by atoms with E-state index in [-0.39, 0.29) is 12.1 Å². The number of amides is 2. The number of rotatable bonds is 3. The van der Waals surface area contributed by atoms with Crippen LogP contribution in [-0.2, 0) is 19.5 Å². The second kappa shape index (κ2) is 9.32. The van der Waals surface area contributed by atoms with Gasteiger partial charge in [-0.25, -0.2) is 4.79 Å². The maximum absolute atomic E-state index is 14.1. The molecule has 184 valence electrons. The molecule has 0 fully saturated rings. The van der Waals surface area contributed by atoms with Crippen LogP contribution >= 0.6 is 22.9 Å². The lowest BCUT2D eigenvalue weighted by Gasteiger charge is -2.32. The van der Waals surface area contributed by atoms with Crippen LogP contribution in [0, 0.1) is 0 Å². The monoisotopic (exact) mass is 518 g/mol. The van der Waals surface area contributed by atoms with E-state index in [4.69, 9.17) is 16.3 Å². The Morgan fingerprint density at radius 1 is 1.08 bits per heavy atom. The molecule has 1 N–H and O–H groups in total. The molecule has 0 saturated heterocycles. The molecule has 0 unspecified atom stereocenters. The summed E-state index contributed by atoms with van der Waals surface area (Å²) in [7, 11) is 3.75. The number of thiophene rings is 1. The normalized spacial score (nSPS) is 17.1. The average Bonchev–Trinajstić information content (AvgIpc) is 3.46. The highest BCUT2D eigenvalue weighted by molar-refractivity contribution is 7.15. The minimum absolute atomic E-state index is 0.196. The molecule has 2 aliphatic rings. The number of anilines is 1. The van der Waals surface area contributed by atoms with Crippen LogP contribution < -0.4 is 10.1 Å². The number of nitrogens with one attached hydrogen (secondary N) is 1. The van der Waals surface area contributed by atoms with Crippen molar-refractivity contribution in [2.24, 2.45) is 0 Å². The van der Waals surface area contributed by atoms with Crippen molar-refractivity contribution < 1.29 is 9.53 Å². The molecule has 2 aliphatic heterocycles. The topological polar surface area (TPSA) is 49.7 Å². The molecule has 2 aromatic carbocycles. The SMILES string of the molecule is COc1ccc(Cl)cc1NC(=O)N1Cc2c(sc3c2CCN(C)C3)-n2cccc2[C@H]1c1ccccc1. The first-order valence-electron chi connectivity index (χ1n) is 12.0. The van der Waals surface area contributed by atoms with Crippen LogP contribution in [0.15, 0.2) is 66.9 Å². The maximum atomic E-state index is 14.1. The van der Waals surface area contributed by atoms with Crippen LogP contribution in [-0.4, -0.2) is 41.1 Å². The molecular formula is C28H27ClN4O2S. The number of methoxy groups -OCH3 is 1. The molecule has 1 atom stereocenters. The van der Waals surface area contributed by atoms with Crippen molar-refractivity contribution in [3.8, 4) is 10.8 Å². The highest BCUT2D eigenvalue weighted by atomic mass is 35.5. The molecule has 0 radical (unpaired) electrons. The van der Waals surface area contributed by atoms with Gasteiger partial charge in [-0.1, -0.05) is 41.9 Å². The highest BCUT2D eigenvalue weighted by Crippen LogP contribution is 2.43. The van der Waals surface area contributed by atoms with Crippen LogP contribution in [0.25, 0.3) is 5.00 Å². The Morgan fingerprint density at radius 3 is 2.72 bits per heavy atom. The van der Waals surface area contributed by atoms with E-state index >= 15 is 0 Å². The van der Waals surface area contributed by atoms with E-state index in [1.165, 1.54) is 21.0 Å². The molecule has 0 spiro atoms. The van der Waals surface area contributed by atoms with Crippen LogP contribution in [0.5, 0.6) is 5.75 Å². The molecule has 36 heavy (non-hydrogen) atoms. The highest BCUT2D eigenvalue weighted by Gasteiger charge is 2.36. The van der Waals surface area contributed by atoms with E-state index in [9.17, 15) is 4.79 Å². The van der Waals surface area contributed by atoms with E-state index in [1.54, 1.807) is 25.3 Å². The lowest BCUT2D eigenvalue weighted by molar-refractivity contribution is 0.194. The molecule has 8 heteroatoms. The fourth-order valence-electron chi connectivity index (χ4n) is 5.30. The van der Waals surface area contributed by atoms with Crippen molar-refractivity contribution in [3.63, 3.8) is 0 Å². The van der Waals surface area contributed by atoms with E-state index in [0.29, 0.717) is 23.0 Å². The number of urea groups is 1. The number of hydrogen-bond acceptors (Lipinski definition) is 4. The summed E-state index contributed by atoms with van der Waals surface area (Å²) in [6, 6.07) is 19.2. The zero-order valence-electron chi connectivity index (χ0n) is 20.2. The van der Waals surface area contributed by atoms with Crippen molar-refractivity contribution in [3.05, 3.63) is 99.1 Å². The van der Waals surface area contributed by atoms with Crippen LogP contribution in [0.1, 0.15) is 33.3 Å². The number of carbonyl (C=O) groups excluding carboxylic acids is 1. The van der Waals surface area contributed by atoms with E-state index < -0.39 is 0 Å².